The molecule has 0 aromatic heterocycles. The van der Waals surface area contributed by atoms with Gasteiger partial charge in [-0.05, 0) is 29.6 Å². The molecule has 0 aliphatic rings. The van der Waals surface area contributed by atoms with Crippen molar-refractivity contribution in [2.75, 3.05) is 0 Å². The van der Waals surface area contributed by atoms with Crippen LogP contribution in [0.4, 0.5) is 0 Å². The SMILES string of the molecule is CCCCCCCCCCC(CC(=O)Cl)C(=O)Cl. The Morgan fingerprint density at radius 2 is 1.39 bits per heavy atom. The first-order chi connectivity index (χ1) is 8.57. The summed E-state index contributed by atoms with van der Waals surface area (Å²) in [5.41, 5.74) is 0. The Kier molecular flexibility index (Phi) is 11.9. The summed E-state index contributed by atoms with van der Waals surface area (Å²) in [5.74, 6) is -0.392. The molecule has 0 rings (SSSR count). The second-order valence-corrected chi connectivity index (χ2v) is 5.62. The van der Waals surface area contributed by atoms with Gasteiger partial charge in [-0.3, -0.25) is 9.59 Å². The number of hydrogen-bond donors (Lipinski definition) is 0. The van der Waals surface area contributed by atoms with Gasteiger partial charge in [0.2, 0.25) is 10.5 Å². The summed E-state index contributed by atoms with van der Waals surface area (Å²) in [7, 11) is 0. The topological polar surface area (TPSA) is 34.1 Å². The molecule has 0 amide bonds. The van der Waals surface area contributed by atoms with Crippen LogP contribution in [0.25, 0.3) is 0 Å². The normalized spacial score (nSPS) is 12.4. The molecular weight excluding hydrogens is 271 g/mol. The van der Waals surface area contributed by atoms with Crippen LogP contribution in [0.2, 0.25) is 0 Å². The van der Waals surface area contributed by atoms with E-state index in [0.717, 1.165) is 12.8 Å². The Hall–Kier alpha value is -0.0800. The molecule has 1 atom stereocenters. The van der Waals surface area contributed by atoms with E-state index in [4.69, 9.17) is 23.2 Å². The van der Waals surface area contributed by atoms with Crippen LogP contribution in [-0.2, 0) is 9.59 Å². The second-order valence-electron chi connectivity index (χ2n) is 4.82. The third-order valence-corrected chi connectivity index (χ3v) is 3.60. The van der Waals surface area contributed by atoms with E-state index in [1.165, 1.54) is 38.5 Å². The number of halogens is 2. The fourth-order valence-electron chi connectivity index (χ4n) is 2.01. The molecule has 0 saturated heterocycles. The van der Waals surface area contributed by atoms with Crippen molar-refractivity contribution >= 4 is 33.7 Å². The minimum atomic E-state index is -0.478. The molecule has 0 aliphatic carbocycles. The van der Waals surface area contributed by atoms with E-state index in [1.807, 2.05) is 0 Å². The van der Waals surface area contributed by atoms with Gasteiger partial charge in [0, 0.05) is 12.3 Å². The first-order valence-corrected chi connectivity index (χ1v) is 7.71. The van der Waals surface area contributed by atoms with Crippen LogP contribution in [-0.4, -0.2) is 10.5 Å². The first-order valence-electron chi connectivity index (χ1n) is 6.95. The van der Waals surface area contributed by atoms with Crippen molar-refractivity contribution < 1.29 is 9.59 Å². The molecule has 2 nitrogen and oxygen atoms in total. The van der Waals surface area contributed by atoms with E-state index >= 15 is 0 Å². The number of carbonyl (C=O) groups is 2. The average molecular weight is 295 g/mol. The monoisotopic (exact) mass is 294 g/mol. The Bertz CT molecular complexity index is 242. The second kappa shape index (κ2) is 12.0. The molecule has 0 N–H and O–H groups in total. The zero-order valence-corrected chi connectivity index (χ0v) is 12.7. The predicted molar refractivity (Wildman–Crippen MR) is 77.1 cm³/mol. The molecule has 0 aromatic carbocycles. The van der Waals surface area contributed by atoms with Gasteiger partial charge in [0.1, 0.15) is 0 Å². The quantitative estimate of drug-likeness (QED) is 0.373. The van der Waals surface area contributed by atoms with Crippen LogP contribution >= 0.6 is 23.2 Å². The van der Waals surface area contributed by atoms with Crippen molar-refractivity contribution in [3.05, 3.63) is 0 Å². The molecule has 0 heterocycles. The minimum Gasteiger partial charge on any atom is -0.281 e. The smallest absolute Gasteiger partial charge is 0.225 e. The van der Waals surface area contributed by atoms with Crippen LogP contribution in [0.1, 0.15) is 71.1 Å². The molecule has 18 heavy (non-hydrogen) atoms. The summed E-state index contributed by atoms with van der Waals surface area (Å²) in [6.07, 6.45) is 10.5. The molecule has 0 aliphatic heterocycles. The van der Waals surface area contributed by atoms with E-state index in [0.29, 0.717) is 6.42 Å². The number of carbonyl (C=O) groups excluding carboxylic acids is 2. The van der Waals surface area contributed by atoms with Crippen LogP contribution in [0, 0.1) is 5.92 Å². The third kappa shape index (κ3) is 11.0. The zero-order valence-electron chi connectivity index (χ0n) is 11.2. The fourth-order valence-corrected chi connectivity index (χ4v) is 2.39. The highest BCUT2D eigenvalue weighted by molar-refractivity contribution is 6.66. The molecule has 106 valence electrons. The van der Waals surface area contributed by atoms with Crippen molar-refractivity contribution in [1.29, 1.82) is 0 Å². The lowest BCUT2D eigenvalue weighted by atomic mass is 9.98. The molecule has 0 radical (unpaired) electrons. The molecule has 0 saturated carbocycles. The Morgan fingerprint density at radius 1 is 0.889 bits per heavy atom. The average Bonchev–Trinajstić information content (AvgIpc) is 2.30. The molecular formula is C14H24Cl2O2. The van der Waals surface area contributed by atoms with Gasteiger partial charge in [0.25, 0.3) is 0 Å². The summed E-state index contributed by atoms with van der Waals surface area (Å²) in [6.45, 7) is 2.21. The van der Waals surface area contributed by atoms with Gasteiger partial charge in [0.15, 0.2) is 0 Å². The number of hydrogen-bond acceptors (Lipinski definition) is 2. The van der Waals surface area contributed by atoms with Crippen molar-refractivity contribution in [2.24, 2.45) is 5.92 Å². The third-order valence-electron chi connectivity index (χ3n) is 3.13. The standard InChI is InChI=1S/C14H24Cl2O2/c1-2-3-4-5-6-7-8-9-10-12(14(16)18)11-13(15)17/h12H,2-11H2,1H3. The van der Waals surface area contributed by atoms with E-state index < -0.39 is 16.4 Å². The highest BCUT2D eigenvalue weighted by atomic mass is 35.5. The molecule has 0 spiro atoms. The van der Waals surface area contributed by atoms with E-state index in [-0.39, 0.29) is 6.42 Å². The van der Waals surface area contributed by atoms with E-state index in [2.05, 4.69) is 6.92 Å². The Balaban J connectivity index is 3.49. The van der Waals surface area contributed by atoms with Crippen LogP contribution in [0.5, 0.6) is 0 Å². The summed E-state index contributed by atoms with van der Waals surface area (Å²) < 4.78 is 0. The van der Waals surface area contributed by atoms with Crippen molar-refractivity contribution in [3.63, 3.8) is 0 Å². The van der Waals surface area contributed by atoms with Gasteiger partial charge in [-0.25, -0.2) is 0 Å². The van der Waals surface area contributed by atoms with Crippen molar-refractivity contribution in [2.45, 2.75) is 71.1 Å². The van der Waals surface area contributed by atoms with Gasteiger partial charge < -0.3 is 0 Å². The van der Waals surface area contributed by atoms with Gasteiger partial charge in [-0.1, -0.05) is 58.3 Å². The van der Waals surface area contributed by atoms with Crippen LogP contribution in [0.3, 0.4) is 0 Å². The van der Waals surface area contributed by atoms with Gasteiger partial charge in [0.05, 0.1) is 0 Å². The molecule has 0 aromatic rings. The maximum Gasteiger partial charge on any atom is 0.225 e. The largest absolute Gasteiger partial charge is 0.281 e. The van der Waals surface area contributed by atoms with Crippen LogP contribution < -0.4 is 0 Å². The zero-order chi connectivity index (χ0) is 13.8. The fraction of sp³-hybridized carbons (Fsp3) is 0.857. The molecule has 0 bridgehead atoms. The first kappa shape index (κ1) is 17.9. The van der Waals surface area contributed by atoms with Crippen molar-refractivity contribution in [3.8, 4) is 0 Å². The summed E-state index contributed by atoms with van der Waals surface area (Å²) >= 11 is 10.7. The maximum absolute atomic E-state index is 11.1. The Morgan fingerprint density at radius 3 is 1.83 bits per heavy atom. The summed E-state index contributed by atoms with van der Waals surface area (Å²) in [6, 6.07) is 0. The molecule has 4 heteroatoms. The lowest BCUT2D eigenvalue weighted by Crippen LogP contribution is -2.11. The summed E-state index contributed by atoms with van der Waals surface area (Å²) in [5, 5.41) is -0.916. The lowest BCUT2D eigenvalue weighted by Gasteiger charge is -2.09. The van der Waals surface area contributed by atoms with Gasteiger partial charge in [-0.2, -0.15) is 0 Å². The Labute approximate surface area is 120 Å². The molecule has 0 fully saturated rings. The lowest BCUT2D eigenvalue weighted by molar-refractivity contribution is -0.120. The van der Waals surface area contributed by atoms with Crippen molar-refractivity contribution in [1.82, 2.24) is 0 Å². The van der Waals surface area contributed by atoms with E-state index in [1.54, 1.807) is 0 Å². The van der Waals surface area contributed by atoms with Gasteiger partial charge >= 0.3 is 0 Å². The maximum atomic E-state index is 11.1. The number of unbranched alkanes of at least 4 members (excludes halogenated alkanes) is 7. The highest BCUT2D eigenvalue weighted by Gasteiger charge is 2.18. The molecule has 1 unspecified atom stereocenters. The highest BCUT2D eigenvalue weighted by Crippen LogP contribution is 2.19. The van der Waals surface area contributed by atoms with Gasteiger partial charge in [-0.15, -0.1) is 0 Å². The minimum absolute atomic E-state index is 0.0698. The summed E-state index contributed by atoms with van der Waals surface area (Å²) in [4.78, 5) is 21.8. The predicted octanol–water partition coefficient (Wildman–Crippen LogP) is 5.05. The van der Waals surface area contributed by atoms with E-state index in [9.17, 15) is 9.59 Å². The number of rotatable bonds is 12. The van der Waals surface area contributed by atoms with Crippen LogP contribution in [0.15, 0.2) is 0 Å².